The number of nitrogens with zero attached hydrogens (tertiary/aromatic N) is 13. The molecule has 0 bridgehead atoms. The van der Waals surface area contributed by atoms with E-state index in [9.17, 15) is 33.7 Å². The monoisotopic (exact) mass is 1720 g/mol. The fourth-order valence-corrected chi connectivity index (χ4v) is 17.8. The SMILES string of the molecule is C#Cc1cnc(-c2ccc(S(=O)(=O)NCCO)s2)nc1Nc1cc(C2CC2)[nH]n1.CS(=O)(=O)Nc1ccc(-c2ncc(Cl)c(Nc3cc(C4CC4)[nH]n3)n2)cc1.CS(=O)(=O)Nc1cccc(-c2ncc(Cl)c(Nc3cc(C4CC4)[nH]n3)n2)c1.O=S(=O)(c1ccc(-c2ncc(Cl)c(Nc3cc(C4CC4)[nH]n3)n2)s1)N1CCOCC1.[HH].[HH].[HH].[HH].[HH].[HH].[HH].[HH].[HH]. The molecule has 5 fully saturated rings. The van der Waals surface area contributed by atoms with E-state index >= 15 is 0 Å². The molecule has 5 aliphatic rings. The molecule has 113 heavy (non-hydrogen) atoms. The first-order valence-corrected chi connectivity index (χ1v) is 44.5. The molecular formula is C70H89Cl3N24O10S6. The van der Waals surface area contributed by atoms with E-state index in [1.54, 1.807) is 66.7 Å². The van der Waals surface area contributed by atoms with Crippen molar-refractivity contribution in [2.24, 2.45) is 0 Å². The number of sulfonamides is 4. The highest BCUT2D eigenvalue weighted by atomic mass is 35.5. The highest BCUT2D eigenvalue weighted by Gasteiger charge is 2.32. The minimum Gasteiger partial charge on any atom is -0.395 e. The second-order valence-corrected chi connectivity index (χ2v) is 37.5. The van der Waals surface area contributed by atoms with E-state index in [4.69, 9.17) is 51.1 Å². The summed E-state index contributed by atoms with van der Waals surface area (Å²) in [7, 11) is -13.9. The van der Waals surface area contributed by atoms with E-state index in [1.807, 2.05) is 24.3 Å². The number of hydrogen-bond acceptors (Lipinski definition) is 28. The molecule has 2 aromatic carbocycles. The zero-order valence-electron chi connectivity index (χ0n) is 59.9. The van der Waals surface area contributed by atoms with Gasteiger partial charge >= 0.3 is 0 Å². The fraction of sp³-hybridized carbons (Fsp3) is 0.286. The normalized spacial score (nSPS) is 15.1. The number of morpholine rings is 1. The topological polar surface area (TPSA) is 471 Å². The van der Waals surface area contributed by atoms with Crippen LogP contribution in [0.2, 0.25) is 15.1 Å². The van der Waals surface area contributed by atoms with Gasteiger partial charge in [0.2, 0.25) is 30.1 Å². The third kappa shape index (κ3) is 21.2. The Hall–Kier alpha value is -10.1. The molecule has 606 valence electrons. The Morgan fingerprint density at radius 3 is 1.37 bits per heavy atom. The first-order chi connectivity index (χ1) is 54.2. The molecule has 0 spiro atoms. The molecule has 43 heteroatoms. The number of halogens is 3. The van der Waals surface area contributed by atoms with Crippen LogP contribution in [0.25, 0.3) is 44.2 Å². The summed E-state index contributed by atoms with van der Waals surface area (Å²) in [5, 5.41) is 51.4. The Bertz CT molecular complexity index is 6000. The maximum absolute atomic E-state index is 12.9. The standard InChI is InChI=1S/C18H19ClN6O3S2.C18H18N6O3S2.2C17H17ClN6O2S.9H2/c19-12-10-20-18(22-17(12)21-15-9-13(23-24-15)11-1-2-11)14-3-4-16(29-14)30(26,27)25-5-7-28-8-6-25;1-2-11-10-19-18(14-5-6-16(28-14)29(26,27)20-7-8-25)22-17(11)21-15-9-13(23-24-15)12-3-4-12;1-27(25,26)24-12-6-4-11(5-7-12)16-19-9-13(18)17(21-16)20-15-8-14(22-23-15)10-2-3-10;1-27(25,26)24-12-4-2-3-11(7-12)16-19-9-13(18)17(21-16)20-15-8-14(22-23-15)10-5-6-10;;;;;;;;;/h3-4,9-11H,1-2,5-8H2,(H2,20,21,22,23,24);1,5-6,9-10,12,20,25H,3-4,7-8H2,(H2,19,21,22,23,24);4-10,24H,2-3H2,1H3,(H2,19,20,21,22,23);2-4,7-10,24H,5-6H2,1H3,(H2,19,20,21,22,23);9*1H. The first kappa shape index (κ1) is 79.5. The van der Waals surface area contributed by atoms with Gasteiger partial charge in [0, 0.05) is 132 Å². The Balaban J connectivity index is 0.000000282. The van der Waals surface area contributed by atoms with Crippen molar-refractivity contribution in [3.05, 3.63) is 165 Å². The van der Waals surface area contributed by atoms with Crippen molar-refractivity contribution in [1.82, 2.24) is 89.7 Å². The van der Waals surface area contributed by atoms with E-state index in [0.29, 0.717) is 167 Å². The molecule has 1 saturated heterocycles. The lowest BCUT2D eigenvalue weighted by Crippen LogP contribution is -2.40. The Labute approximate surface area is 685 Å². The van der Waals surface area contributed by atoms with E-state index in [0.717, 1.165) is 76.4 Å². The molecule has 0 unspecified atom stereocenters. The van der Waals surface area contributed by atoms with Crippen molar-refractivity contribution in [2.45, 2.75) is 83.5 Å². The largest absolute Gasteiger partial charge is 0.395 e. The van der Waals surface area contributed by atoms with Crippen LogP contribution in [0.4, 0.5) is 57.9 Å². The van der Waals surface area contributed by atoms with Gasteiger partial charge in [-0.3, -0.25) is 29.8 Å². The number of anilines is 10. The fourth-order valence-electron chi connectivity index (χ4n) is 11.1. The highest BCUT2D eigenvalue weighted by Crippen LogP contribution is 2.44. The van der Waals surface area contributed by atoms with Crippen molar-refractivity contribution in [1.29, 1.82) is 0 Å². The van der Waals surface area contributed by atoms with Crippen molar-refractivity contribution < 1.29 is 56.4 Å². The molecular weight excluding hydrogens is 1640 g/mol. The summed E-state index contributed by atoms with van der Waals surface area (Å²) in [5.74, 6) is 10.6. The minimum atomic E-state index is -3.69. The number of H-pyrrole nitrogens is 4. The number of terminal acetylenes is 1. The van der Waals surface area contributed by atoms with Crippen LogP contribution in [0, 0.1) is 12.3 Å². The Morgan fingerprint density at radius 2 is 0.920 bits per heavy atom. The molecule has 4 aliphatic carbocycles. The summed E-state index contributed by atoms with van der Waals surface area (Å²) in [5.41, 5.74) is 7.14. The van der Waals surface area contributed by atoms with Gasteiger partial charge in [-0.25, -0.2) is 78.3 Å². The number of nitrogens with one attached hydrogen (secondary N) is 11. The minimum absolute atomic E-state index is 0. The maximum atomic E-state index is 12.9. The van der Waals surface area contributed by atoms with Gasteiger partial charge in [-0.05, 0) is 112 Å². The summed E-state index contributed by atoms with van der Waals surface area (Å²) in [4.78, 5) is 36.1. The van der Waals surface area contributed by atoms with Gasteiger partial charge in [-0.2, -0.15) is 24.7 Å². The van der Waals surface area contributed by atoms with Gasteiger partial charge in [-0.1, -0.05) is 52.9 Å². The molecule has 0 amide bonds. The van der Waals surface area contributed by atoms with Crippen LogP contribution >= 0.6 is 57.5 Å². The van der Waals surface area contributed by atoms with Crippen molar-refractivity contribution in [2.75, 3.05) is 82.7 Å². The Kier molecular flexibility index (Phi) is 24.1. The number of hydrogen-bond donors (Lipinski definition) is 12. The second-order valence-electron chi connectivity index (χ2n) is 26.5. The molecule has 12 aromatic rings. The third-order valence-corrected chi connectivity index (χ3v) is 25.9. The van der Waals surface area contributed by atoms with Crippen molar-refractivity contribution >= 4 is 155 Å². The highest BCUT2D eigenvalue weighted by molar-refractivity contribution is 7.92. The van der Waals surface area contributed by atoms with Crippen LogP contribution < -0.4 is 35.4 Å². The van der Waals surface area contributed by atoms with Gasteiger partial charge < -0.3 is 31.1 Å². The maximum Gasteiger partial charge on any atom is 0.252 e. The van der Waals surface area contributed by atoms with Crippen LogP contribution in [-0.4, -0.2) is 176 Å². The molecule has 12 N–H and O–H groups in total. The number of thiophene rings is 2. The molecule has 10 aromatic heterocycles. The second kappa shape index (κ2) is 34.3. The molecule has 34 nitrogen and oxygen atoms in total. The number of aliphatic hydroxyl groups excluding tert-OH is 1. The van der Waals surface area contributed by atoms with Crippen LogP contribution in [0.15, 0.2) is 130 Å². The number of benzene rings is 2. The van der Waals surface area contributed by atoms with Crippen LogP contribution in [0.1, 0.15) is 116 Å². The lowest BCUT2D eigenvalue weighted by atomic mass is 10.2. The molecule has 4 saturated carbocycles. The predicted octanol–water partition coefficient (Wildman–Crippen LogP) is 14.3. The number of aliphatic hydroxyl groups is 1. The third-order valence-electron chi connectivity index (χ3n) is 17.3. The van der Waals surface area contributed by atoms with Crippen LogP contribution in [0.3, 0.4) is 0 Å². The average Bonchev–Trinajstić information content (AvgIpc) is 1.82. The predicted molar refractivity (Wildman–Crippen MR) is 452 cm³/mol. The zero-order valence-corrected chi connectivity index (χ0v) is 67.0. The average molecular weight is 1730 g/mol. The van der Waals surface area contributed by atoms with Crippen LogP contribution in [-0.2, 0) is 44.8 Å². The molecule has 0 atom stereocenters. The lowest BCUT2D eigenvalue weighted by molar-refractivity contribution is 0.0731. The van der Waals surface area contributed by atoms with Gasteiger partial charge in [0.05, 0.1) is 66.2 Å². The zero-order chi connectivity index (χ0) is 79.2. The number of rotatable bonds is 26. The first-order valence-electron chi connectivity index (χ1n) is 35.0. The summed E-state index contributed by atoms with van der Waals surface area (Å²) >= 11 is 20.9. The summed E-state index contributed by atoms with van der Waals surface area (Å²) in [6.07, 6.45) is 23.2. The summed E-state index contributed by atoms with van der Waals surface area (Å²) in [6.45, 7) is 1.19. The summed E-state index contributed by atoms with van der Waals surface area (Å²) in [6, 6.07) is 27.8. The smallest absolute Gasteiger partial charge is 0.252 e. The molecule has 17 rings (SSSR count). The quantitative estimate of drug-likeness (QED) is 0.0224. The van der Waals surface area contributed by atoms with Crippen molar-refractivity contribution in [3.63, 3.8) is 0 Å². The number of aromatic nitrogens is 16. The molecule has 11 heterocycles. The lowest BCUT2D eigenvalue weighted by Gasteiger charge is -2.25. The number of ether oxygens (including phenoxy) is 1. The number of aromatic amines is 4. The van der Waals surface area contributed by atoms with E-state index in [2.05, 4.69) is 122 Å². The Morgan fingerprint density at radius 1 is 0.513 bits per heavy atom. The molecule has 1 aliphatic heterocycles. The van der Waals surface area contributed by atoms with Gasteiger partial charge in [0.15, 0.2) is 69.8 Å². The van der Waals surface area contributed by atoms with Gasteiger partial charge in [0.1, 0.15) is 23.5 Å². The van der Waals surface area contributed by atoms with E-state index in [-0.39, 0.29) is 34.4 Å². The van der Waals surface area contributed by atoms with Crippen molar-refractivity contribution in [3.8, 4) is 56.5 Å². The van der Waals surface area contributed by atoms with Gasteiger partial charge in [0.25, 0.3) is 10.0 Å². The molecule has 0 radical (unpaired) electrons. The van der Waals surface area contributed by atoms with Gasteiger partial charge in [-0.15, -0.1) is 29.1 Å². The summed E-state index contributed by atoms with van der Waals surface area (Å²) < 4.78 is 110. The van der Waals surface area contributed by atoms with Crippen LogP contribution in [0.5, 0.6) is 0 Å². The van der Waals surface area contributed by atoms with E-state index < -0.39 is 40.1 Å². The van der Waals surface area contributed by atoms with E-state index in [1.165, 1.54) is 73.7 Å².